The van der Waals surface area contributed by atoms with E-state index in [1.165, 1.54) is 0 Å². The van der Waals surface area contributed by atoms with E-state index in [-0.39, 0.29) is 5.91 Å². The molecule has 1 amide bonds. The quantitative estimate of drug-likeness (QED) is 0.587. The number of hydrogen-bond donors (Lipinski definition) is 1. The van der Waals surface area contributed by atoms with E-state index < -0.39 is 0 Å². The Bertz CT molecular complexity index is 827. The summed E-state index contributed by atoms with van der Waals surface area (Å²) in [5.41, 5.74) is 4.11. The Hall–Kier alpha value is -1.50. The standard InChI is InChI=1S/C21H24Cl3N3O2/c22-17-7-8-20(19(24)14-17)29-13-3-6-21(28)25-27-11-9-26(10-12-27)15-16-4-1-2-5-18(16)23/h1-2,4-5,7-8,14H,3,6,9-13,15H2,(H,25,28). The molecule has 0 radical (unpaired) electrons. The average Bonchev–Trinajstić information content (AvgIpc) is 2.70. The highest BCUT2D eigenvalue weighted by Gasteiger charge is 2.19. The molecule has 5 nitrogen and oxygen atoms in total. The van der Waals surface area contributed by atoms with E-state index in [0.717, 1.165) is 43.3 Å². The lowest BCUT2D eigenvalue weighted by atomic mass is 10.2. The van der Waals surface area contributed by atoms with Crippen LogP contribution in [0.5, 0.6) is 5.75 Å². The van der Waals surface area contributed by atoms with E-state index in [2.05, 4.69) is 16.4 Å². The van der Waals surface area contributed by atoms with E-state index in [9.17, 15) is 4.79 Å². The van der Waals surface area contributed by atoms with Gasteiger partial charge in [0.05, 0.1) is 11.6 Å². The Morgan fingerprint density at radius 1 is 1.00 bits per heavy atom. The van der Waals surface area contributed by atoms with Crippen molar-refractivity contribution < 1.29 is 9.53 Å². The Morgan fingerprint density at radius 2 is 1.76 bits per heavy atom. The van der Waals surface area contributed by atoms with Crippen molar-refractivity contribution >= 4 is 40.7 Å². The van der Waals surface area contributed by atoms with Crippen molar-refractivity contribution in [3.8, 4) is 5.75 Å². The fourth-order valence-corrected chi connectivity index (χ4v) is 3.78. The Morgan fingerprint density at radius 3 is 2.48 bits per heavy atom. The van der Waals surface area contributed by atoms with E-state index >= 15 is 0 Å². The first-order valence-electron chi connectivity index (χ1n) is 9.59. The second-order valence-corrected chi connectivity index (χ2v) is 8.17. The number of hydrogen-bond acceptors (Lipinski definition) is 4. The molecule has 0 aliphatic carbocycles. The van der Waals surface area contributed by atoms with E-state index in [1.54, 1.807) is 18.2 Å². The molecule has 0 spiro atoms. The number of amides is 1. The predicted molar refractivity (Wildman–Crippen MR) is 118 cm³/mol. The number of carbonyl (C=O) groups is 1. The van der Waals surface area contributed by atoms with Crippen LogP contribution < -0.4 is 10.2 Å². The minimum absolute atomic E-state index is 0.00430. The largest absolute Gasteiger partial charge is 0.492 e. The van der Waals surface area contributed by atoms with E-state index in [1.807, 2.05) is 23.2 Å². The van der Waals surface area contributed by atoms with Crippen LogP contribution >= 0.6 is 34.8 Å². The molecule has 0 atom stereocenters. The van der Waals surface area contributed by atoms with Crippen LogP contribution in [-0.2, 0) is 11.3 Å². The zero-order valence-electron chi connectivity index (χ0n) is 16.0. The average molecular weight is 457 g/mol. The molecule has 29 heavy (non-hydrogen) atoms. The smallest absolute Gasteiger partial charge is 0.234 e. The predicted octanol–water partition coefficient (Wildman–Crippen LogP) is 4.65. The molecular weight excluding hydrogens is 433 g/mol. The van der Waals surface area contributed by atoms with Crippen molar-refractivity contribution in [3.05, 3.63) is 63.1 Å². The Labute approximate surface area is 186 Å². The van der Waals surface area contributed by atoms with Crippen molar-refractivity contribution in [2.24, 2.45) is 0 Å². The maximum absolute atomic E-state index is 12.2. The monoisotopic (exact) mass is 455 g/mol. The highest BCUT2D eigenvalue weighted by atomic mass is 35.5. The zero-order chi connectivity index (χ0) is 20.6. The minimum atomic E-state index is -0.00430. The number of hydrazine groups is 1. The molecule has 3 rings (SSSR count). The van der Waals surface area contributed by atoms with Crippen LogP contribution in [0, 0.1) is 0 Å². The van der Waals surface area contributed by atoms with Gasteiger partial charge in [-0.2, -0.15) is 0 Å². The molecule has 1 heterocycles. The summed E-state index contributed by atoms with van der Waals surface area (Å²) in [4.78, 5) is 14.5. The summed E-state index contributed by atoms with van der Waals surface area (Å²) >= 11 is 18.2. The second kappa shape index (κ2) is 11.0. The molecule has 1 fully saturated rings. The van der Waals surface area contributed by atoms with Crippen molar-refractivity contribution in [1.29, 1.82) is 0 Å². The number of carbonyl (C=O) groups excluding carboxylic acids is 1. The van der Waals surface area contributed by atoms with Gasteiger partial charge in [-0.25, -0.2) is 5.01 Å². The number of halogens is 3. The van der Waals surface area contributed by atoms with Gasteiger partial charge in [0.25, 0.3) is 0 Å². The SMILES string of the molecule is O=C(CCCOc1ccc(Cl)cc1Cl)NN1CCN(Cc2ccccc2Cl)CC1. The van der Waals surface area contributed by atoms with E-state index in [0.29, 0.717) is 35.2 Å². The van der Waals surface area contributed by atoms with Gasteiger partial charge in [0.2, 0.25) is 5.91 Å². The summed E-state index contributed by atoms with van der Waals surface area (Å²) < 4.78 is 5.61. The van der Waals surface area contributed by atoms with Gasteiger partial charge in [-0.3, -0.25) is 15.1 Å². The van der Waals surface area contributed by atoms with Crippen molar-refractivity contribution in [1.82, 2.24) is 15.3 Å². The summed E-state index contributed by atoms with van der Waals surface area (Å²) in [6.07, 6.45) is 1.00. The molecule has 0 bridgehead atoms. The third kappa shape index (κ3) is 7.05. The van der Waals surface area contributed by atoms with Crippen LogP contribution in [-0.4, -0.2) is 48.6 Å². The van der Waals surface area contributed by atoms with Crippen LogP contribution in [0.1, 0.15) is 18.4 Å². The summed E-state index contributed by atoms with van der Waals surface area (Å²) in [5.74, 6) is 0.571. The molecule has 1 aliphatic heterocycles. The number of rotatable bonds is 8. The topological polar surface area (TPSA) is 44.8 Å². The Balaban J connectivity index is 1.32. The van der Waals surface area contributed by atoms with Crippen LogP contribution in [0.25, 0.3) is 0 Å². The molecule has 1 aliphatic rings. The fraction of sp³-hybridized carbons (Fsp3) is 0.381. The lowest BCUT2D eigenvalue weighted by molar-refractivity contribution is -0.127. The number of benzene rings is 2. The maximum Gasteiger partial charge on any atom is 0.234 e. The van der Waals surface area contributed by atoms with Gasteiger partial charge >= 0.3 is 0 Å². The number of nitrogens with one attached hydrogen (secondary N) is 1. The molecule has 0 aromatic heterocycles. The molecule has 156 valence electrons. The minimum Gasteiger partial charge on any atom is -0.492 e. The summed E-state index contributed by atoms with van der Waals surface area (Å²) in [6.45, 7) is 4.57. The highest BCUT2D eigenvalue weighted by molar-refractivity contribution is 6.35. The lowest BCUT2D eigenvalue weighted by Gasteiger charge is -2.34. The van der Waals surface area contributed by atoms with Gasteiger partial charge in [-0.05, 0) is 36.2 Å². The number of nitrogens with zero attached hydrogens (tertiary/aromatic N) is 2. The summed E-state index contributed by atoms with van der Waals surface area (Å²) in [7, 11) is 0. The second-order valence-electron chi connectivity index (χ2n) is 6.92. The van der Waals surface area contributed by atoms with E-state index in [4.69, 9.17) is 39.5 Å². The lowest BCUT2D eigenvalue weighted by Crippen LogP contribution is -2.53. The van der Waals surface area contributed by atoms with Crippen LogP contribution in [0.4, 0.5) is 0 Å². The fourth-order valence-electron chi connectivity index (χ4n) is 3.12. The molecule has 1 N–H and O–H groups in total. The first kappa shape index (κ1) is 22.2. The maximum atomic E-state index is 12.2. The summed E-state index contributed by atoms with van der Waals surface area (Å²) in [5, 5.41) is 3.80. The summed E-state index contributed by atoms with van der Waals surface area (Å²) in [6, 6.07) is 13.0. The molecular formula is C21H24Cl3N3O2. The van der Waals surface area contributed by atoms with Gasteiger partial charge < -0.3 is 4.74 Å². The molecule has 2 aromatic rings. The number of piperazine rings is 1. The van der Waals surface area contributed by atoms with Gasteiger partial charge in [-0.15, -0.1) is 0 Å². The molecule has 8 heteroatoms. The molecule has 0 unspecified atom stereocenters. The molecule has 0 saturated carbocycles. The van der Waals surface area contributed by atoms with Gasteiger partial charge in [-0.1, -0.05) is 53.0 Å². The third-order valence-electron chi connectivity index (χ3n) is 4.71. The Kier molecular flexibility index (Phi) is 8.45. The molecule has 1 saturated heterocycles. The van der Waals surface area contributed by atoms with Crippen molar-refractivity contribution in [2.45, 2.75) is 19.4 Å². The van der Waals surface area contributed by atoms with Crippen LogP contribution in [0.3, 0.4) is 0 Å². The van der Waals surface area contributed by atoms with Crippen molar-refractivity contribution in [3.63, 3.8) is 0 Å². The van der Waals surface area contributed by atoms with Gasteiger partial charge in [0, 0.05) is 49.2 Å². The first-order chi connectivity index (χ1) is 14.0. The number of ether oxygens (including phenoxy) is 1. The third-order valence-corrected chi connectivity index (χ3v) is 5.61. The zero-order valence-corrected chi connectivity index (χ0v) is 18.3. The van der Waals surface area contributed by atoms with Crippen LogP contribution in [0.2, 0.25) is 15.1 Å². The van der Waals surface area contributed by atoms with Gasteiger partial charge in [0.1, 0.15) is 5.75 Å². The highest BCUT2D eigenvalue weighted by Crippen LogP contribution is 2.27. The van der Waals surface area contributed by atoms with Crippen molar-refractivity contribution in [2.75, 3.05) is 32.8 Å². The van der Waals surface area contributed by atoms with Gasteiger partial charge in [0.15, 0.2) is 0 Å². The first-order valence-corrected chi connectivity index (χ1v) is 10.7. The normalized spacial score (nSPS) is 15.3. The molecule has 2 aromatic carbocycles. The van der Waals surface area contributed by atoms with Crippen LogP contribution in [0.15, 0.2) is 42.5 Å².